The number of rotatable bonds is 4. The largest absolute Gasteiger partial charge is 0.448 e. The molecule has 24 heavy (non-hydrogen) atoms. The summed E-state index contributed by atoms with van der Waals surface area (Å²) >= 11 is 0. The van der Waals surface area contributed by atoms with Gasteiger partial charge < -0.3 is 10.1 Å². The van der Waals surface area contributed by atoms with Gasteiger partial charge in [0, 0.05) is 17.9 Å². The summed E-state index contributed by atoms with van der Waals surface area (Å²) in [4.78, 5) is 32.3. The number of amides is 1. The van der Waals surface area contributed by atoms with Crippen LogP contribution in [0.1, 0.15) is 55.9 Å². The van der Waals surface area contributed by atoms with Gasteiger partial charge in [0.25, 0.3) is 5.91 Å². The van der Waals surface area contributed by atoms with Gasteiger partial charge in [-0.2, -0.15) is 0 Å². The summed E-state index contributed by atoms with van der Waals surface area (Å²) in [5, 5.41) is 3.23. The van der Waals surface area contributed by atoms with E-state index >= 15 is 0 Å². The molecule has 0 unspecified atom stereocenters. The third-order valence-corrected chi connectivity index (χ3v) is 5.85. The van der Waals surface area contributed by atoms with Gasteiger partial charge in [0.2, 0.25) is 0 Å². The highest BCUT2D eigenvalue weighted by molar-refractivity contribution is 5.90. The lowest BCUT2D eigenvalue weighted by Gasteiger charge is -2.57. The van der Waals surface area contributed by atoms with E-state index in [1.165, 1.54) is 37.9 Å². The second kappa shape index (κ2) is 5.83. The quantitative estimate of drug-likeness (QED) is 0.856. The molecule has 1 aromatic rings. The Kier molecular flexibility index (Phi) is 3.77. The first-order valence-corrected chi connectivity index (χ1v) is 8.82. The summed E-state index contributed by atoms with van der Waals surface area (Å²) in [6.07, 6.45) is 10.6. The Hall–Kier alpha value is -1.98. The maximum Gasteiger partial charge on any atom is 0.359 e. The molecule has 4 bridgehead atoms. The monoisotopic (exact) mass is 329 g/mol. The lowest BCUT2D eigenvalue weighted by Crippen LogP contribution is -2.61. The van der Waals surface area contributed by atoms with Crippen molar-refractivity contribution in [3.05, 3.63) is 24.3 Å². The molecular weight excluding hydrogens is 306 g/mol. The van der Waals surface area contributed by atoms with Gasteiger partial charge in [-0.3, -0.25) is 9.78 Å². The number of ether oxygens (including phenoxy) is 1. The molecule has 128 valence electrons. The number of aromatic nitrogens is 2. The van der Waals surface area contributed by atoms with Gasteiger partial charge in [-0.25, -0.2) is 9.78 Å². The Labute approximate surface area is 141 Å². The minimum Gasteiger partial charge on any atom is -0.448 e. The number of nitrogens with one attached hydrogen (secondary N) is 1. The molecule has 6 nitrogen and oxygen atoms in total. The van der Waals surface area contributed by atoms with Crippen LogP contribution in [-0.4, -0.2) is 33.5 Å². The zero-order chi connectivity index (χ0) is 16.7. The molecule has 0 saturated heterocycles. The second-order valence-electron chi connectivity index (χ2n) is 7.83. The molecule has 4 aliphatic rings. The van der Waals surface area contributed by atoms with E-state index in [4.69, 9.17) is 4.74 Å². The van der Waals surface area contributed by atoms with E-state index in [1.54, 1.807) is 6.92 Å². The zero-order valence-electron chi connectivity index (χ0n) is 13.9. The minimum absolute atomic E-state index is 0.0704. The van der Waals surface area contributed by atoms with E-state index in [2.05, 4.69) is 15.3 Å². The molecule has 6 heteroatoms. The van der Waals surface area contributed by atoms with Crippen LogP contribution in [0.25, 0.3) is 0 Å². The molecular formula is C18H23N3O3. The summed E-state index contributed by atoms with van der Waals surface area (Å²) in [6, 6.07) is 0. The highest BCUT2D eigenvalue weighted by atomic mass is 16.5. The fraction of sp³-hybridized carbons (Fsp3) is 0.667. The summed E-state index contributed by atoms with van der Waals surface area (Å²) in [7, 11) is 0. The second-order valence-corrected chi connectivity index (χ2v) is 7.83. The number of hydrogen-bond acceptors (Lipinski definition) is 5. The third kappa shape index (κ3) is 2.89. The summed E-state index contributed by atoms with van der Waals surface area (Å²) < 4.78 is 5.26. The highest BCUT2D eigenvalue weighted by Crippen LogP contribution is 2.55. The SMILES string of the molecule is C[C@@H](OC(=O)c1cnccn1)C(=O)NC12CC3CC(CC(C3)C1)C2. The third-order valence-electron chi connectivity index (χ3n) is 5.85. The molecule has 1 heterocycles. The fourth-order valence-electron chi connectivity index (χ4n) is 5.31. The lowest BCUT2D eigenvalue weighted by atomic mass is 9.53. The number of carbonyl (C=O) groups is 2. The van der Waals surface area contributed by atoms with Crippen LogP contribution in [-0.2, 0) is 9.53 Å². The molecule has 0 aliphatic heterocycles. The number of esters is 1. The van der Waals surface area contributed by atoms with Crippen molar-refractivity contribution in [3.63, 3.8) is 0 Å². The Morgan fingerprint density at radius 3 is 2.33 bits per heavy atom. The van der Waals surface area contributed by atoms with Gasteiger partial charge in [0.05, 0.1) is 6.20 Å². The lowest BCUT2D eigenvalue weighted by molar-refractivity contribution is -0.134. The average Bonchev–Trinajstić information content (AvgIpc) is 2.53. The van der Waals surface area contributed by atoms with Gasteiger partial charge >= 0.3 is 5.97 Å². The van der Waals surface area contributed by atoms with E-state index < -0.39 is 12.1 Å². The number of hydrogen-bond donors (Lipinski definition) is 1. The van der Waals surface area contributed by atoms with Crippen LogP contribution >= 0.6 is 0 Å². The Morgan fingerprint density at radius 1 is 1.17 bits per heavy atom. The van der Waals surface area contributed by atoms with Crippen molar-refractivity contribution in [3.8, 4) is 0 Å². The van der Waals surface area contributed by atoms with Crippen LogP contribution < -0.4 is 5.32 Å². The first-order chi connectivity index (χ1) is 11.5. The smallest absolute Gasteiger partial charge is 0.359 e. The average molecular weight is 329 g/mol. The predicted molar refractivity (Wildman–Crippen MR) is 86.0 cm³/mol. The van der Waals surface area contributed by atoms with E-state index in [0.717, 1.165) is 37.0 Å². The fourth-order valence-corrected chi connectivity index (χ4v) is 5.31. The van der Waals surface area contributed by atoms with Crippen molar-refractivity contribution in [2.45, 2.75) is 57.1 Å². The van der Waals surface area contributed by atoms with Gasteiger partial charge in [-0.15, -0.1) is 0 Å². The molecule has 1 aromatic heterocycles. The van der Waals surface area contributed by atoms with Gasteiger partial charge in [-0.05, 0) is 63.2 Å². The normalized spacial score (nSPS) is 34.6. The van der Waals surface area contributed by atoms with Crippen molar-refractivity contribution in [1.29, 1.82) is 0 Å². The standard InChI is InChI=1S/C18H23N3O3/c1-11(24-17(23)15-10-19-2-3-20-15)16(22)21-18-7-12-4-13(8-18)6-14(5-12)9-18/h2-3,10-14H,4-9H2,1H3,(H,21,22)/t11-,12?,13?,14?,18?/m1/s1. The molecule has 4 saturated carbocycles. The maximum absolute atomic E-state index is 12.6. The van der Waals surface area contributed by atoms with Crippen LogP contribution in [0.3, 0.4) is 0 Å². The summed E-state index contributed by atoms with van der Waals surface area (Å²) in [5.74, 6) is 1.46. The molecule has 4 fully saturated rings. The number of carbonyl (C=O) groups excluding carboxylic acids is 2. The highest BCUT2D eigenvalue weighted by Gasteiger charge is 2.51. The van der Waals surface area contributed by atoms with E-state index in [0.29, 0.717) is 0 Å². The van der Waals surface area contributed by atoms with Crippen LogP contribution in [0.4, 0.5) is 0 Å². The maximum atomic E-state index is 12.6. The first-order valence-electron chi connectivity index (χ1n) is 8.82. The summed E-state index contributed by atoms with van der Waals surface area (Å²) in [5.41, 5.74) is 0.0472. The molecule has 0 aromatic carbocycles. The van der Waals surface area contributed by atoms with Crippen LogP contribution in [0, 0.1) is 17.8 Å². The Bertz CT molecular complexity index is 611. The van der Waals surface area contributed by atoms with Crippen molar-refractivity contribution in [1.82, 2.24) is 15.3 Å². The minimum atomic E-state index is -0.826. The van der Waals surface area contributed by atoms with Gasteiger partial charge in [-0.1, -0.05) is 0 Å². The first kappa shape index (κ1) is 15.5. The summed E-state index contributed by atoms with van der Waals surface area (Å²) in [6.45, 7) is 1.62. The molecule has 1 atom stereocenters. The van der Waals surface area contributed by atoms with Crippen molar-refractivity contribution in [2.24, 2.45) is 17.8 Å². The van der Waals surface area contributed by atoms with Gasteiger partial charge in [0.1, 0.15) is 0 Å². The number of nitrogens with zero attached hydrogens (tertiary/aromatic N) is 2. The predicted octanol–water partition coefficient (Wildman–Crippen LogP) is 2.11. The van der Waals surface area contributed by atoms with E-state index in [9.17, 15) is 9.59 Å². The molecule has 0 radical (unpaired) electrons. The van der Waals surface area contributed by atoms with Crippen LogP contribution in [0.15, 0.2) is 18.6 Å². The van der Waals surface area contributed by atoms with E-state index in [-0.39, 0.29) is 17.1 Å². The molecule has 0 spiro atoms. The van der Waals surface area contributed by atoms with Gasteiger partial charge in [0.15, 0.2) is 11.8 Å². The molecule has 1 amide bonds. The Balaban J connectivity index is 1.38. The molecule has 1 N–H and O–H groups in total. The molecule has 5 rings (SSSR count). The zero-order valence-corrected chi connectivity index (χ0v) is 13.9. The van der Waals surface area contributed by atoms with E-state index in [1.807, 2.05) is 0 Å². The Morgan fingerprint density at radius 2 is 1.79 bits per heavy atom. The van der Waals surface area contributed by atoms with Crippen molar-refractivity contribution in [2.75, 3.05) is 0 Å². The topological polar surface area (TPSA) is 81.2 Å². The molecule has 4 aliphatic carbocycles. The van der Waals surface area contributed by atoms with Crippen molar-refractivity contribution >= 4 is 11.9 Å². The van der Waals surface area contributed by atoms with Crippen molar-refractivity contribution < 1.29 is 14.3 Å². The van der Waals surface area contributed by atoms with Crippen LogP contribution in [0.2, 0.25) is 0 Å². The van der Waals surface area contributed by atoms with Crippen LogP contribution in [0.5, 0.6) is 0 Å².